The minimum absolute atomic E-state index is 0.0725. The Kier molecular flexibility index (Phi) is 4.57. The average molecular weight is 303 g/mol. The lowest BCUT2D eigenvalue weighted by atomic mass is 9.73. The Labute approximate surface area is 122 Å². The molecule has 0 heterocycles. The normalized spacial score (nSPS) is 22.6. The fourth-order valence-electron chi connectivity index (χ4n) is 2.72. The Balaban J connectivity index is 2.00. The number of hydrogen-bond donors (Lipinski definition) is 1. The summed E-state index contributed by atoms with van der Waals surface area (Å²) in [5.74, 6) is 0. The quantitative estimate of drug-likeness (QED) is 0.721. The number of nitrogens with one attached hydrogen (secondary N) is 1. The van der Waals surface area contributed by atoms with Crippen LogP contribution in [0.1, 0.15) is 39.5 Å². The molecule has 1 aliphatic carbocycles. The van der Waals surface area contributed by atoms with Crippen molar-refractivity contribution < 1.29 is 13.2 Å². The molecule has 20 heavy (non-hydrogen) atoms. The van der Waals surface area contributed by atoms with E-state index in [2.05, 4.69) is 19.2 Å². The fourth-order valence-corrected chi connectivity index (χ4v) is 3.26. The molecule has 0 saturated heterocycles. The van der Waals surface area contributed by atoms with Crippen LogP contribution in [-0.4, -0.2) is 11.6 Å². The zero-order valence-electron chi connectivity index (χ0n) is 11.8. The van der Waals surface area contributed by atoms with Gasteiger partial charge in [-0.05, 0) is 54.3 Å². The maximum atomic E-state index is 12.3. The third kappa shape index (κ3) is 4.33. The molecule has 1 fully saturated rings. The number of alkyl halides is 3. The molecule has 1 aromatic rings. The van der Waals surface area contributed by atoms with Gasteiger partial charge in [-0.2, -0.15) is 13.2 Å². The monoisotopic (exact) mass is 303 g/mol. The molecule has 0 amide bonds. The molecule has 0 radical (unpaired) electrons. The third-order valence-electron chi connectivity index (χ3n) is 3.94. The largest absolute Gasteiger partial charge is 0.446 e. The maximum absolute atomic E-state index is 12.3. The molecule has 0 aliphatic heterocycles. The first kappa shape index (κ1) is 15.5. The van der Waals surface area contributed by atoms with E-state index in [0.717, 1.165) is 12.1 Å². The highest BCUT2D eigenvalue weighted by molar-refractivity contribution is 8.00. The van der Waals surface area contributed by atoms with Crippen LogP contribution < -0.4 is 5.32 Å². The minimum atomic E-state index is -4.22. The van der Waals surface area contributed by atoms with Crippen LogP contribution in [0.25, 0.3) is 0 Å². The van der Waals surface area contributed by atoms with E-state index in [0.29, 0.717) is 6.04 Å². The molecule has 0 bridgehead atoms. The van der Waals surface area contributed by atoms with Crippen molar-refractivity contribution in [3.05, 3.63) is 24.3 Å². The highest BCUT2D eigenvalue weighted by atomic mass is 32.2. The van der Waals surface area contributed by atoms with E-state index in [1.807, 2.05) is 0 Å². The van der Waals surface area contributed by atoms with Crippen molar-refractivity contribution in [1.82, 2.24) is 0 Å². The average Bonchev–Trinajstić information content (AvgIpc) is 2.32. The first-order valence-corrected chi connectivity index (χ1v) is 7.70. The zero-order valence-corrected chi connectivity index (χ0v) is 12.6. The number of benzene rings is 1. The number of thioether (sulfide) groups is 1. The highest BCUT2D eigenvalue weighted by Gasteiger charge is 2.32. The molecule has 1 atom stereocenters. The summed E-state index contributed by atoms with van der Waals surface area (Å²) in [7, 11) is 0. The first-order chi connectivity index (χ1) is 9.26. The van der Waals surface area contributed by atoms with Gasteiger partial charge in [-0.25, -0.2) is 0 Å². The van der Waals surface area contributed by atoms with E-state index in [1.54, 1.807) is 12.1 Å². The summed E-state index contributed by atoms with van der Waals surface area (Å²) in [4.78, 5) is 0.228. The van der Waals surface area contributed by atoms with Gasteiger partial charge in [-0.15, -0.1) is 0 Å². The highest BCUT2D eigenvalue weighted by Crippen LogP contribution is 2.39. The molecule has 0 spiro atoms. The van der Waals surface area contributed by atoms with Crippen molar-refractivity contribution in [1.29, 1.82) is 0 Å². The van der Waals surface area contributed by atoms with Crippen molar-refractivity contribution in [2.45, 2.75) is 56.0 Å². The van der Waals surface area contributed by atoms with Gasteiger partial charge in [0.05, 0.1) is 0 Å². The van der Waals surface area contributed by atoms with Crippen LogP contribution in [0.5, 0.6) is 0 Å². The van der Waals surface area contributed by atoms with E-state index in [4.69, 9.17) is 0 Å². The smallest absolute Gasteiger partial charge is 0.382 e. The standard InChI is InChI=1S/C15H20F3NS/c1-14(2)10-4-3-5-13(14)19-11-6-8-12(9-7-11)20-15(16,17)18/h6-9,13,19H,3-5,10H2,1-2H3. The minimum Gasteiger partial charge on any atom is -0.382 e. The maximum Gasteiger partial charge on any atom is 0.446 e. The van der Waals surface area contributed by atoms with Crippen molar-refractivity contribution in [2.24, 2.45) is 5.41 Å². The predicted molar refractivity (Wildman–Crippen MR) is 78.0 cm³/mol. The van der Waals surface area contributed by atoms with Crippen LogP contribution in [0.15, 0.2) is 29.2 Å². The van der Waals surface area contributed by atoms with Crippen molar-refractivity contribution >= 4 is 17.4 Å². The number of halogens is 3. The molecular weight excluding hydrogens is 283 g/mol. The summed E-state index contributed by atoms with van der Waals surface area (Å²) in [6.07, 6.45) is 4.77. The fraction of sp³-hybridized carbons (Fsp3) is 0.600. The molecular formula is C15H20F3NS. The number of anilines is 1. The van der Waals surface area contributed by atoms with E-state index in [9.17, 15) is 13.2 Å². The molecule has 2 rings (SSSR count). The van der Waals surface area contributed by atoms with Gasteiger partial charge < -0.3 is 5.32 Å². The van der Waals surface area contributed by atoms with Crippen LogP contribution in [-0.2, 0) is 0 Å². The van der Waals surface area contributed by atoms with E-state index in [1.165, 1.54) is 31.4 Å². The molecule has 1 nitrogen and oxygen atoms in total. The summed E-state index contributed by atoms with van der Waals surface area (Å²) >= 11 is -0.0725. The van der Waals surface area contributed by atoms with Crippen LogP contribution in [0.3, 0.4) is 0 Å². The Hall–Kier alpha value is -0.840. The van der Waals surface area contributed by atoms with E-state index < -0.39 is 5.51 Å². The summed E-state index contributed by atoms with van der Waals surface area (Å²) in [5, 5.41) is 3.47. The van der Waals surface area contributed by atoms with Crippen LogP contribution in [0, 0.1) is 5.41 Å². The number of hydrogen-bond acceptors (Lipinski definition) is 2. The molecule has 1 N–H and O–H groups in total. The molecule has 112 valence electrons. The molecule has 0 aromatic heterocycles. The summed E-state index contributed by atoms with van der Waals surface area (Å²) in [6, 6.07) is 6.90. The van der Waals surface area contributed by atoms with Crippen LogP contribution in [0.4, 0.5) is 18.9 Å². The second kappa shape index (κ2) is 5.88. The van der Waals surface area contributed by atoms with Gasteiger partial charge in [0.2, 0.25) is 0 Å². The van der Waals surface area contributed by atoms with Gasteiger partial charge in [-0.3, -0.25) is 0 Å². The van der Waals surface area contributed by atoms with E-state index >= 15 is 0 Å². The van der Waals surface area contributed by atoms with Crippen molar-refractivity contribution in [3.8, 4) is 0 Å². The number of rotatable bonds is 3. The molecule has 1 aliphatic rings. The van der Waals surface area contributed by atoms with Crippen LogP contribution in [0.2, 0.25) is 0 Å². The Bertz CT molecular complexity index is 439. The molecule has 1 unspecified atom stereocenters. The van der Waals surface area contributed by atoms with Crippen molar-refractivity contribution in [3.63, 3.8) is 0 Å². The van der Waals surface area contributed by atoms with Gasteiger partial charge >= 0.3 is 5.51 Å². The molecule has 1 saturated carbocycles. The van der Waals surface area contributed by atoms with Gasteiger partial charge in [0.15, 0.2) is 0 Å². The Morgan fingerprint density at radius 3 is 2.35 bits per heavy atom. The Morgan fingerprint density at radius 1 is 1.15 bits per heavy atom. The first-order valence-electron chi connectivity index (χ1n) is 6.89. The summed E-state index contributed by atoms with van der Waals surface area (Å²) in [6.45, 7) is 4.50. The van der Waals surface area contributed by atoms with Gasteiger partial charge in [0, 0.05) is 16.6 Å². The lowest BCUT2D eigenvalue weighted by Crippen LogP contribution is -2.38. The lowest BCUT2D eigenvalue weighted by molar-refractivity contribution is -0.0328. The summed E-state index contributed by atoms with van der Waals surface area (Å²) < 4.78 is 36.8. The zero-order chi connectivity index (χ0) is 14.8. The van der Waals surface area contributed by atoms with Gasteiger partial charge in [-0.1, -0.05) is 26.7 Å². The van der Waals surface area contributed by atoms with Gasteiger partial charge in [0.25, 0.3) is 0 Å². The van der Waals surface area contributed by atoms with E-state index in [-0.39, 0.29) is 22.1 Å². The topological polar surface area (TPSA) is 12.0 Å². The van der Waals surface area contributed by atoms with Crippen molar-refractivity contribution in [2.75, 3.05) is 5.32 Å². The second-order valence-electron chi connectivity index (χ2n) is 6.00. The van der Waals surface area contributed by atoms with Crippen LogP contribution >= 0.6 is 11.8 Å². The summed E-state index contributed by atoms with van der Waals surface area (Å²) in [5.41, 5.74) is -3.09. The second-order valence-corrected chi connectivity index (χ2v) is 7.14. The molecule has 5 heteroatoms. The lowest BCUT2D eigenvalue weighted by Gasteiger charge is -2.39. The molecule has 1 aromatic carbocycles. The SMILES string of the molecule is CC1(C)CCCCC1Nc1ccc(SC(F)(F)F)cc1. The third-order valence-corrected chi connectivity index (χ3v) is 4.68. The predicted octanol–water partition coefficient (Wildman–Crippen LogP) is 5.68. The van der Waals surface area contributed by atoms with Gasteiger partial charge in [0.1, 0.15) is 0 Å². The Morgan fingerprint density at radius 2 is 1.80 bits per heavy atom.